The monoisotopic (exact) mass is 261 g/mol. The minimum atomic E-state index is 0.179. The molecule has 0 saturated heterocycles. The number of aromatic nitrogens is 1. The Bertz CT molecular complexity index is 512. The van der Waals surface area contributed by atoms with Crippen LogP contribution in [0.1, 0.15) is 37.6 Å². The number of nitrogens with zero attached hydrogens (tertiary/aromatic N) is 1. The van der Waals surface area contributed by atoms with Crippen molar-refractivity contribution in [3.8, 4) is 5.75 Å². The van der Waals surface area contributed by atoms with Crippen molar-refractivity contribution in [1.29, 1.82) is 0 Å². The van der Waals surface area contributed by atoms with Crippen molar-refractivity contribution in [2.75, 3.05) is 0 Å². The Morgan fingerprint density at radius 3 is 2.61 bits per heavy atom. The van der Waals surface area contributed by atoms with Gasteiger partial charge in [0, 0.05) is 5.38 Å². The molecule has 3 heteroatoms. The lowest BCUT2D eigenvalue weighted by Gasteiger charge is -2.20. The first-order valence-electron chi connectivity index (χ1n) is 6.08. The molecule has 1 aromatic carbocycles. The number of hydrogen-bond donors (Lipinski definition) is 0. The zero-order chi connectivity index (χ0) is 13.2. The molecular formula is C15H19NOS. The van der Waals surface area contributed by atoms with E-state index in [-0.39, 0.29) is 5.41 Å². The summed E-state index contributed by atoms with van der Waals surface area (Å²) in [5, 5.41) is 2.01. The van der Waals surface area contributed by atoms with Crippen LogP contribution in [0.15, 0.2) is 29.1 Å². The summed E-state index contributed by atoms with van der Waals surface area (Å²) in [5.41, 5.74) is 5.50. The van der Waals surface area contributed by atoms with Crippen molar-refractivity contribution in [2.24, 2.45) is 0 Å². The van der Waals surface area contributed by atoms with Crippen LogP contribution < -0.4 is 4.74 Å². The van der Waals surface area contributed by atoms with E-state index in [0.29, 0.717) is 6.61 Å². The normalized spacial score (nSPS) is 11.6. The van der Waals surface area contributed by atoms with Gasteiger partial charge in [0.2, 0.25) is 0 Å². The second-order valence-electron chi connectivity index (χ2n) is 5.50. The standard InChI is InChI=1S/C15H19NOS/c1-11-7-12(15(2,3)4)5-6-14(11)17-8-13-9-18-10-16-13/h5-7,9-10H,8H2,1-4H3. The summed E-state index contributed by atoms with van der Waals surface area (Å²) < 4.78 is 5.79. The average Bonchev–Trinajstić information content (AvgIpc) is 2.79. The van der Waals surface area contributed by atoms with E-state index in [1.807, 2.05) is 10.9 Å². The van der Waals surface area contributed by atoms with Gasteiger partial charge in [0.1, 0.15) is 12.4 Å². The summed E-state index contributed by atoms with van der Waals surface area (Å²) in [6, 6.07) is 6.40. The molecular weight excluding hydrogens is 242 g/mol. The molecule has 0 atom stereocenters. The van der Waals surface area contributed by atoms with Gasteiger partial charge >= 0.3 is 0 Å². The fourth-order valence-electron chi connectivity index (χ4n) is 1.74. The third-order valence-electron chi connectivity index (χ3n) is 2.90. The number of ether oxygens (including phenoxy) is 1. The van der Waals surface area contributed by atoms with Crippen LogP contribution in [0.4, 0.5) is 0 Å². The van der Waals surface area contributed by atoms with Gasteiger partial charge in [-0.3, -0.25) is 0 Å². The van der Waals surface area contributed by atoms with Crippen LogP contribution in [0.5, 0.6) is 5.75 Å². The van der Waals surface area contributed by atoms with Crippen molar-refractivity contribution < 1.29 is 4.74 Å². The highest BCUT2D eigenvalue weighted by atomic mass is 32.1. The molecule has 1 heterocycles. The predicted molar refractivity (Wildman–Crippen MR) is 76.3 cm³/mol. The van der Waals surface area contributed by atoms with E-state index in [9.17, 15) is 0 Å². The number of hydrogen-bond acceptors (Lipinski definition) is 3. The maximum atomic E-state index is 5.79. The summed E-state index contributed by atoms with van der Waals surface area (Å²) in [5.74, 6) is 0.941. The zero-order valence-electron chi connectivity index (χ0n) is 11.4. The molecule has 18 heavy (non-hydrogen) atoms. The van der Waals surface area contributed by atoms with Crippen LogP contribution in [-0.2, 0) is 12.0 Å². The maximum absolute atomic E-state index is 5.79. The molecule has 0 amide bonds. The Hall–Kier alpha value is -1.35. The number of aryl methyl sites for hydroxylation is 1. The molecule has 0 aliphatic carbocycles. The first-order chi connectivity index (χ1) is 8.47. The first kappa shape index (κ1) is 13.1. The second-order valence-corrected chi connectivity index (χ2v) is 6.22. The van der Waals surface area contributed by atoms with E-state index in [1.54, 1.807) is 11.3 Å². The molecule has 0 fully saturated rings. The number of rotatable bonds is 3. The van der Waals surface area contributed by atoms with Gasteiger partial charge in [-0.2, -0.15) is 0 Å². The van der Waals surface area contributed by atoms with Crippen molar-refractivity contribution in [3.63, 3.8) is 0 Å². The van der Waals surface area contributed by atoms with Gasteiger partial charge in [-0.05, 0) is 29.5 Å². The smallest absolute Gasteiger partial charge is 0.131 e. The largest absolute Gasteiger partial charge is 0.487 e. The molecule has 0 unspecified atom stereocenters. The van der Waals surface area contributed by atoms with Gasteiger partial charge in [0.15, 0.2) is 0 Å². The van der Waals surface area contributed by atoms with E-state index in [4.69, 9.17) is 4.74 Å². The highest BCUT2D eigenvalue weighted by Crippen LogP contribution is 2.27. The number of benzene rings is 1. The fourth-order valence-corrected chi connectivity index (χ4v) is 2.28. The highest BCUT2D eigenvalue weighted by Gasteiger charge is 2.14. The van der Waals surface area contributed by atoms with Crippen LogP contribution in [0.2, 0.25) is 0 Å². The maximum Gasteiger partial charge on any atom is 0.131 e. The fraction of sp³-hybridized carbons (Fsp3) is 0.400. The third-order valence-corrected chi connectivity index (χ3v) is 3.54. The summed E-state index contributed by atoms with van der Waals surface area (Å²) in [4.78, 5) is 4.21. The van der Waals surface area contributed by atoms with E-state index < -0.39 is 0 Å². The molecule has 2 nitrogen and oxygen atoms in total. The molecule has 1 aromatic heterocycles. The molecule has 0 spiro atoms. The molecule has 2 aromatic rings. The highest BCUT2D eigenvalue weighted by molar-refractivity contribution is 7.07. The summed E-state index contributed by atoms with van der Waals surface area (Å²) in [6.45, 7) is 9.29. The SMILES string of the molecule is Cc1cc(C(C)(C)C)ccc1OCc1cscn1. The summed E-state index contributed by atoms with van der Waals surface area (Å²) in [6.07, 6.45) is 0. The topological polar surface area (TPSA) is 22.1 Å². The third kappa shape index (κ3) is 3.10. The molecule has 0 aliphatic rings. The van der Waals surface area contributed by atoms with Crippen molar-refractivity contribution in [3.05, 3.63) is 45.9 Å². The van der Waals surface area contributed by atoms with Crippen molar-refractivity contribution >= 4 is 11.3 Å². The van der Waals surface area contributed by atoms with Crippen molar-refractivity contribution in [2.45, 2.75) is 39.7 Å². The van der Waals surface area contributed by atoms with E-state index in [1.165, 1.54) is 11.1 Å². The molecule has 0 radical (unpaired) electrons. The minimum Gasteiger partial charge on any atom is -0.487 e. The quantitative estimate of drug-likeness (QED) is 0.820. The first-order valence-corrected chi connectivity index (χ1v) is 7.02. The molecule has 2 rings (SSSR count). The molecule has 0 aliphatic heterocycles. The Kier molecular flexibility index (Phi) is 3.71. The van der Waals surface area contributed by atoms with E-state index in [0.717, 1.165) is 11.4 Å². The molecule has 0 N–H and O–H groups in total. The lowest BCUT2D eigenvalue weighted by atomic mass is 9.86. The van der Waals surface area contributed by atoms with Crippen LogP contribution in [0, 0.1) is 6.92 Å². The van der Waals surface area contributed by atoms with Gasteiger partial charge in [-0.15, -0.1) is 11.3 Å². The van der Waals surface area contributed by atoms with E-state index in [2.05, 4.69) is 50.9 Å². The Balaban J connectivity index is 2.10. The van der Waals surface area contributed by atoms with Crippen molar-refractivity contribution in [1.82, 2.24) is 4.98 Å². The zero-order valence-corrected chi connectivity index (χ0v) is 12.2. The van der Waals surface area contributed by atoms with Gasteiger partial charge < -0.3 is 4.74 Å². The summed E-state index contributed by atoms with van der Waals surface area (Å²) >= 11 is 1.59. The van der Waals surface area contributed by atoms with Gasteiger partial charge in [0.05, 0.1) is 11.2 Å². The van der Waals surface area contributed by atoms with Gasteiger partial charge in [0.25, 0.3) is 0 Å². The van der Waals surface area contributed by atoms with Crippen LogP contribution in [-0.4, -0.2) is 4.98 Å². The Labute approximate surface area is 113 Å². The van der Waals surface area contributed by atoms with Crippen LogP contribution in [0.25, 0.3) is 0 Å². The minimum absolute atomic E-state index is 0.179. The van der Waals surface area contributed by atoms with Crippen LogP contribution >= 0.6 is 11.3 Å². The van der Waals surface area contributed by atoms with Gasteiger partial charge in [-0.1, -0.05) is 32.9 Å². The Morgan fingerprint density at radius 2 is 2.06 bits per heavy atom. The molecule has 96 valence electrons. The summed E-state index contributed by atoms with van der Waals surface area (Å²) in [7, 11) is 0. The lowest BCUT2D eigenvalue weighted by molar-refractivity contribution is 0.300. The Morgan fingerprint density at radius 1 is 1.28 bits per heavy atom. The number of thiazole rings is 1. The molecule has 0 bridgehead atoms. The van der Waals surface area contributed by atoms with Crippen LogP contribution in [0.3, 0.4) is 0 Å². The lowest BCUT2D eigenvalue weighted by Crippen LogP contribution is -2.11. The predicted octanol–water partition coefficient (Wildman–Crippen LogP) is 4.33. The van der Waals surface area contributed by atoms with Gasteiger partial charge in [-0.25, -0.2) is 4.98 Å². The average molecular weight is 261 g/mol. The second kappa shape index (κ2) is 5.11. The molecule has 0 saturated carbocycles. The van der Waals surface area contributed by atoms with E-state index >= 15 is 0 Å².